The molecule has 142 valence electrons. The Morgan fingerprint density at radius 2 is 1.59 bits per heavy atom. The van der Waals surface area contributed by atoms with Gasteiger partial charge in [-0.15, -0.1) is 0 Å². The Morgan fingerprint density at radius 1 is 1.00 bits per heavy atom. The molecule has 2 N–H and O–H groups in total. The summed E-state index contributed by atoms with van der Waals surface area (Å²) in [5.41, 5.74) is 2.29. The van der Waals surface area contributed by atoms with Crippen molar-refractivity contribution in [3.05, 3.63) is 71.8 Å². The molecule has 5 heteroatoms. The standard InChI is InChI=1S/C22H27N3O2/c1-23-22(27)24-21(26)20(19-10-6-3-7-11-19)25-14-12-18(13-15-25)16-17-8-4-2-5-9-17/h2-11,18,20H,12-16H2,1H3,(H2,23,24,26,27)/t20-/m0/s1. The second-order valence-corrected chi connectivity index (χ2v) is 7.05. The fourth-order valence-corrected chi connectivity index (χ4v) is 3.77. The van der Waals surface area contributed by atoms with Gasteiger partial charge in [0.15, 0.2) is 0 Å². The Hall–Kier alpha value is -2.66. The van der Waals surface area contributed by atoms with Gasteiger partial charge < -0.3 is 5.32 Å². The van der Waals surface area contributed by atoms with Crippen molar-refractivity contribution in [1.29, 1.82) is 0 Å². The molecule has 0 spiro atoms. The van der Waals surface area contributed by atoms with Crippen molar-refractivity contribution in [3.8, 4) is 0 Å². The molecule has 0 saturated carbocycles. The van der Waals surface area contributed by atoms with Gasteiger partial charge in [0.2, 0.25) is 5.91 Å². The Morgan fingerprint density at radius 3 is 2.19 bits per heavy atom. The van der Waals surface area contributed by atoms with E-state index in [-0.39, 0.29) is 5.91 Å². The van der Waals surface area contributed by atoms with E-state index in [0.29, 0.717) is 5.92 Å². The van der Waals surface area contributed by atoms with Crippen molar-refractivity contribution in [2.24, 2.45) is 5.92 Å². The van der Waals surface area contributed by atoms with E-state index in [2.05, 4.69) is 39.8 Å². The molecule has 2 aromatic carbocycles. The number of carbonyl (C=O) groups excluding carboxylic acids is 2. The minimum Gasteiger partial charge on any atom is -0.341 e. The van der Waals surface area contributed by atoms with Gasteiger partial charge in [0, 0.05) is 7.05 Å². The molecule has 1 heterocycles. The third-order valence-corrected chi connectivity index (χ3v) is 5.21. The summed E-state index contributed by atoms with van der Waals surface area (Å²) in [7, 11) is 1.51. The van der Waals surface area contributed by atoms with Crippen molar-refractivity contribution in [2.45, 2.75) is 25.3 Å². The zero-order valence-electron chi connectivity index (χ0n) is 15.7. The smallest absolute Gasteiger partial charge is 0.321 e. The van der Waals surface area contributed by atoms with Gasteiger partial charge in [-0.3, -0.25) is 15.0 Å². The van der Waals surface area contributed by atoms with E-state index >= 15 is 0 Å². The van der Waals surface area contributed by atoms with Crippen LogP contribution in [0.4, 0.5) is 4.79 Å². The fraction of sp³-hybridized carbons (Fsp3) is 0.364. The number of nitrogens with one attached hydrogen (secondary N) is 2. The summed E-state index contributed by atoms with van der Waals surface area (Å²) in [5, 5.41) is 4.90. The molecule has 1 aliphatic heterocycles. The first-order valence-electron chi connectivity index (χ1n) is 9.53. The van der Waals surface area contributed by atoms with Crippen molar-refractivity contribution in [2.75, 3.05) is 20.1 Å². The maximum atomic E-state index is 12.8. The maximum absolute atomic E-state index is 12.8. The Balaban J connectivity index is 1.67. The molecule has 3 rings (SSSR count). The van der Waals surface area contributed by atoms with Crippen LogP contribution in [0.25, 0.3) is 0 Å². The van der Waals surface area contributed by atoms with Gasteiger partial charge in [-0.05, 0) is 49.4 Å². The summed E-state index contributed by atoms with van der Waals surface area (Å²) >= 11 is 0. The van der Waals surface area contributed by atoms with E-state index in [0.717, 1.165) is 37.9 Å². The van der Waals surface area contributed by atoms with Crippen molar-refractivity contribution >= 4 is 11.9 Å². The average molecular weight is 365 g/mol. The Bertz CT molecular complexity index is 741. The SMILES string of the molecule is CNC(=O)NC(=O)[C@H](c1ccccc1)N1CCC(Cc2ccccc2)CC1. The molecule has 0 unspecified atom stereocenters. The number of nitrogens with zero attached hydrogens (tertiary/aromatic N) is 1. The number of amides is 3. The number of hydrogen-bond acceptors (Lipinski definition) is 3. The summed E-state index contributed by atoms with van der Waals surface area (Å²) in [6.07, 6.45) is 3.17. The number of hydrogen-bond donors (Lipinski definition) is 2. The van der Waals surface area contributed by atoms with Gasteiger partial charge in [0.25, 0.3) is 0 Å². The molecule has 0 bridgehead atoms. The van der Waals surface area contributed by atoms with E-state index in [4.69, 9.17) is 0 Å². The van der Waals surface area contributed by atoms with E-state index in [9.17, 15) is 9.59 Å². The second kappa shape index (κ2) is 9.33. The number of likely N-dealkylation sites (tertiary alicyclic amines) is 1. The molecule has 0 aliphatic carbocycles. The molecular formula is C22H27N3O2. The molecule has 1 saturated heterocycles. The summed E-state index contributed by atoms with van der Waals surface area (Å²) in [6.45, 7) is 1.69. The molecule has 1 atom stereocenters. The van der Waals surface area contributed by atoms with Gasteiger partial charge in [-0.2, -0.15) is 0 Å². The third kappa shape index (κ3) is 5.17. The maximum Gasteiger partial charge on any atom is 0.321 e. The van der Waals surface area contributed by atoms with E-state index < -0.39 is 12.1 Å². The normalized spacial score (nSPS) is 16.5. The van der Waals surface area contributed by atoms with E-state index in [1.165, 1.54) is 12.6 Å². The minimum absolute atomic E-state index is 0.276. The zero-order valence-corrected chi connectivity index (χ0v) is 15.7. The first kappa shape index (κ1) is 19.1. The fourth-order valence-electron chi connectivity index (χ4n) is 3.77. The predicted molar refractivity (Wildman–Crippen MR) is 106 cm³/mol. The molecule has 5 nitrogen and oxygen atoms in total. The molecule has 2 aromatic rings. The highest BCUT2D eigenvalue weighted by molar-refractivity contribution is 5.97. The van der Waals surface area contributed by atoms with Crippen molar-refractivity contribution in [1.82, 2.24) is 15.5 Å². The highest BCUT2D eigenvalue weighted by Crippen LogP contribution is 2.29. The van der Waals surface area contributed by atoms with Crippen LogP contribution >= 0.6 is 0 Å². The first-order chi connectivity index (χ1) is 13.2. The Labute approximate surface area is 160 Å². The number of imide groups is 1. The molecule has 1 fully saturated rings. The summed E-state index contributed by atoms with van der Waals surface area (Å²) in [4.78, 5) is 26.6. The van der Waals surface area contributed by atoms with E-state index in [1.807, 2.05) is 36.4 Å². The van der Waals surface area contributed by atoms with Crippen molar-refractivity contribution in [3.63, 3.8) is 0 Å². The number of benzene rings is 2. The lowest BCUT2D eigenvalue weighted by molar-refractivity contribution is -0.126. The van der Waals surface area contributed by atoms with Crippen LogP contribution in [0.15, 0.2) is 60.7 Å². The van der Waals surface area contributed by atoms with Crippen molar-refractivity contribution < 1.29 is 9.59 Å². The molecule has 1 aliphatic rings. The van der Waals surface area contributed by atoms with Gasteiger partial charge in [-0.1, -0.05) is 60.7 Å². The lowest BCUT2D eigenvalue weighted by atomic mass is 9.89. The number of carbonyl (C=O) groups is 2. The van der Waals surface area contributed by atoms with Crippen LogP contribution in [0, 0.1) is 5.92 Å². The Kier molecular flexibility index (Phi) is 6.60. The highest BCUT2D eigenvalue weighted by Gasteiger charge is 2.31. The lowest BCUT2D eigenvalue weighted by Gasteiger charge is -2.37. The first-order valence-corrected chi connectivity index (χ1v) is 9.53. The summed E-state index contributed by atoms with van der Waals surface area (Å²) < 4.78 is 0. The zero-order chi connectivity index (χ0) is 19.1. The summed E-state index contributed by atoms with van der Waals surface area (Å²) in [6, 6.07) is 19.3. The summed E-state index contributed by atoms with van der Waals surface area (Å²) in [5.74, 6) is 0.351. The topological polar surface area (TPSA) is 61.4 Å². The van der Waals surface area contributed by atoms with Gasteiger partial charge >= 0.3 is 6.03 Å². The van der Waals surface area contributed by atoms with Crippen LogP contribution in [-0.2, 0) is 11.2 Å². The van der Waals surface area contributed by atoms with Gasteiger partial charge in [0.05, 0.1) is 0 Å². The van der Waals surface area contributed by atoms with Crippen LogP contribution in [0.2, 0.25) is 0 Å². The van der Waals surface area contributed by atoms with Crippen LogP contribution in [-0.4, -0.2) is 37.0 Å². The molecule has 0 radical (unpaired) electrons. The molecule has 3 amide bonds. The van der Waals surface area contributed by atoms with Crippen LogP contribution in [0.3, 0.4) is 0 Å². The van der Waals surface area contributed by atoms with Gasteiger partial charge in [0.1, 0.15) is 6.04 Å². The van der Waals surface area contributed by atoms with E-state index in [1.54, 1.807) is 0 Å². The number of rotatable bonds is 5. The highest BCUT2D eigenvalue weighted by atomic mass is 16.2. The monoisotopic (exact) mass is 365 g/mol. The molecular weight excluding hydrogens is 338 g/mol. The van der Waals surface area contributed by atoms with Gasteiger partial charge in [-0.25, -0.2) is 4.79 Å². The average Bonchev–Trinajstić information content (AvgIpc) is 2.71. The largest absolute Gasteiger partial charge is 0.341 e. The lowest BCUT2D eigenvalue weighted by Crippen LogP contribution is -2.47. The molecule has 27 heavy (non-hydrogen) atoms. The number of urea groups is 1. The second-order valence-electron chi connectivity index (χ2n) is 7.05. The molecule has 0 aromatic heterocycles. The van der Waals surface area contributed by atoms with Crippen LogP contribution in [0.5, 0.6) is 0 Å². The quantitative estimate of drug-likeness (QED) is 0.856. The van der Waals surface area contributed by atoms with Crippen LogP contribution in [0.1, 0.15) is 30.0 Å². The predicted octanol–water partition coefficient (Wildman–Crippen LogP) is 3.14. The van der Waals surface area contributed by atoms with Crippen LogP contribution < -0.4 is 10.6 Å². The third-order valence-electron chi connectivity index (χ3n) is 5.21. The minimum atomic E-state index is -0.472. The number of piperidine rings is 1.